The van der Waals surface area contributed by atoms with Crippen molar-refractivity contribution in [1.29, 1.82) is 0 Å². The van der Waals surface area contributed by atoms with Crippen LogP contribution in [0.5, 0.6) is 0 Å². The molecule has 4 nitrogen and oxygen atoms in total. The summed E-state index contributed by atoms with van der Waals surface area (Å²) in [5.74, 6) is 1.32. The number of amides is 2. The zero-order chi connectivity index (χ0) is 18.1. The number of rotatable bonds is 2. The molecule has 4 heteroatoms. The average molecular weight is 342 g/mol. The Morgan fingerprint density at radius 3 is 2.28 bits per heavy atom. The molecule has 2 amide bonds. The molecule has 0 aromatic heterocycles. The van der Waals surface area contributed by atoms with Crippen LogP contribution < -0.4 is 0 Å². The van der Waals surface area contributed by atoms with Gasteiger partial charge in [0, 0.05) is 26.6 Å². The maximum absolute atomic E-state index is 13.3. The largest absolute Gasteiger partial charge is 0.342 e. The molecule has 0 bridgehead atoms. The lowest BCUT2D eigenvalue weighted by Crippen LogP contribution is -2.50. The normalized spacial score (nSPS) is 30.5. The van der Waals surface area contributed by atoms with E-state index in [2.05, 4.69) is 45.0 Å². The van der Waals surface area contributed by atoms with Crippen LogP contribution in [0, 0.1) is 24.7 Å². The monoisotopic (exact) mass is 342 g/mol. The molecule has 0 radical (unpaired) electrons. The Morgan fingerprint density at radius 2 is 1.68 bits per heavy atom. The van der Waals surface area contributed by atoms with Crippen molar-refractivity contribution in [1.82, 2.24) is 9.80 Å². The molecule has 3 rings (SSSR count). The summed E-state index contributed by atoms with van der Waals surface area (Å²) in [4.78, 5) is 29.5. The van der Waals surface area contributed by atoms with Crippen LogP contribution in [-0.2, 0) is 9.59 Å². The maximum Gasteiger partial charge on any atom is 0.228 e. The first-order chi connectivity index (χ1) is 11.9. The van der Waals surface area contributed by atoms with Gasteiger partial charge in [0.05, 0.1) is 12.0 Å². The maximum atomic E-state index is 13.3. The summed E-state index contributed by atoms with van der Waals surface area (Å²) < 4.78 is 0. The van der Waals surface area contributed by atoms with Crippen LogP contribution in [0.1, 0.15) is 50.3 Å². The first-order valence-electron chi connectivity index (χ1n) is 9.47. The molecule has 4 unspecified atom stereocenters. The van der Waals surface area contributed by atoms with Gasteiger partial charge in [-0.05, 0) is 37.2 Å². The van der Waals surface area contributed by atoms with E-state index in [9.17, 15) is 9.59 Å². The highest BCUT2D eigenvalue weighted by Crippen LogP contribution is 2.38. The summed E-state index contributed by atoms with van der Waals surface area (Å²) in [7, 11) is 1.84. The van der Waals surface area contributed by atoms with E-state index in [1.807, 2.05) is 11.9 Å². The number of nitrogens with zero attached hydrogens (tertiary/aromatic N) is 2. The summed E-state index contributed by atoms with van der Waals surface area (Å²) in [6, 6.07) is 8.11. The van der Waals surface area contributed by atoms with Crippen molar-refractivity contribution >= 4 is 11.8 Å². The minimum Gasteiger partial charge on any atom is -0.342 e. The molecule has 4 atom stereocenters. The van der Waals surface area contributed by atoms with Crippen molar-refractivity contribution in [3.63, 3.8) is 0 Å². The van der Waals surface area contributed by atoms with Gasteiger partial charge in [-0.2, -0.15) is 0 Å². The van der Waals surface area contributed by atoms with Crippen LogP contribution >= 0.6 is 0 Å². The van der Waals surface area contributed by atoms with E-state index in [0.717, 1.165) is 18.7 Å². The molecular weight excluding hydrogens is 312 g/mol. The van der Waals surface area contributed by atoms with E-state index in [-0.39, 0.29) is 23.8 Å². The van der Waals surface area contributed by atoms with Crippen molar-refractivity contribution in [2.24, 2.45) is 17.8 Å². The molecule has 25 heavy (non-hydrogen) atoms. The number of benzene rings is 1. The van der Waals surface area contributed by atoms with E-state index < -0.39 is 0 Å². The molecular formula is C21H30N2O2. The van der Waals surface area contributed by atoms with E-state index in [1.165, 1.54) is 12.0 Å². The van der Waals surface area contributed by atoms with Crippen molar-refractivity contribution in [3.05, 3.63) is 35.4 Å². The van der Waals surface area contributed by atoms with Gasteiger partial charge in [-0.1, -0.05) is 43.7 Å². The Balaban J connectivity index is 1.87. The molecule has 0 N–H and O–H groups in total. The van der Waals surface area contributed by atoms with Gasteiger partial charge < -0.3 is 9.80 Å². The topological polar surface area (TPSA) is 40.6 Å². The standard InChI is InChI=1S/C21H30N2O2/c1-14-5-7-17(8-6-14)20-18(9-10-19(24)22(20)4)21(25)23-12-15(2)11-16(3)13-23/h5-8,15-16,18,20H,9-13H2,1-4H3. The lowest BCUT2D eigenvalue weighted by atomic mass is 9.82. The Kier molecular flexibility index (Phi) is 5.16. The van der Waals surface area contributed by atoms with E-state index in [4.69, 9.17) is 0 Å². The highest BCUT2D eigenvalue weighted by atomic mass is 16.2. The molecule has 0 spiro atoms. The van der Waals surface area contributed by atoms with Gasteiger partial charge in [-0.3, -0.25) is 9.59 Å². The number of hydrogen-bond acceptors (Lipinski definition) is 2. The molecule has 2 heterocycles. The molecule has 0 aliphatic carbocycles. The van der Waals surface area contributed by atoms with Crippen LogP contribution in [0.2, 0.25) is 0 Å². The summed E-state index contributed by atoms with van der Waals surface area (Å²) in [6.07, 6.45) is 2.31. The number of likely N-dealkylation sites (tertiary alicyclic amines) is 2. The van der Waals surface area contributed by atoms with Gasteiger partial charge >= 0.3 is 0 Å². The molecule has 0 saturated carbocycles. The number of aryl methyl sites for hydroxylation is 1. The fourth-order valence-corrected chi connectivity index (χ4v) is 4.59. The van der Waals surface area contributed by atoms with Crippen molar-refractivity contribution in [3.8, 4) is 0 Å². The van der Waals surface area contributed by atoms with Crippen LogP contribution in [0.25, 0.3) is 0 Å². The third-order valence-corrected chi connectivity index (χ3v) is 5.78. The van der Waals surface area contributed by atoms with Crippen LogP contribution in [0.4, 0.5) is 0 Å². The predicted molar refractivity (Wildman–Crippen MR) is 98.9 cm³/mol. The third-order valence-electron chi connectivity index (χ3n) is 5.78. The Hall–Kier alpha value is -1.84. The van der Waals surface area contributed by atoms with Gasteiger partial charge in [0.1, 0.15) is 0 Å². The quantitative estimate of drug-likeness (QED) is 0.826. The Bertz CT molecular complexity index is 630. The van der Waals surface area contributed by atoms with Gasteiger partial charge in [-0.15, -0.1) is 0 Å². The number of hydrogen-bond donors (Lipinski definition) is 0. The van der Waals surface area contributed by atoms with Crippen molar-refractivity contribution in [2.75, 3.05) is 20.1 Å². The summed E-state index contributed by atoms with van der Waals surface area (Å²) in [6.45, 7) is 8.20. The molecule has 2 saturated heterocycles. The van der Waals surface area contributed by atoms with Crippen LogP contribution in [-0.4, -0.2) is 41.8 Å². The van der Waals surface area contributed by atoms with Gasteiger partial charge in [0.15, 0.2) is 0 Å². The summed E-state index contributed by atoms with van der Waals surface area (Å²) >= 11 is 0. The van der Waals surface area contributed by atoms with Gasteiger partial charge in [0.25, 0.3) is 0 Å². The Labute approximate surface area is 151 Å². The first-order valence-corrected chi connectivity index (χ1v) is 9.47. The van der Waals surface area contributed by atoms with Crippen molar-refractivity contribution in [2.45, 2.75) is 46.1 Å². The number of piperidine rings is 2. The lowest BCUT2D eigenvalue weighted by molar-refractivity contribution is -0.148. The smallest absolute Gasteiger partial charge is 0.228 e. The molecule has 2 aliphatic rings. The predicted octanol–water partition coefficient (Wildman–Crippen LogP) is 3.41. The highest BCUT2D eigenvalue weighted by Gasteiger charge is 2.41. The SMILES string of the molecule is Cc1ccc(C2C(C(=O)N3CC(C)CC(C)C3)CCC(=O)N2C)cc1. The summed E-state index contributed by atoms with van der Waals surface area (Å²) in [5.41, 5.74) is 2.26. The second-order valence-electron chi connectivity index (χ2n) is 8.19. The fraction of sp³-hybridized carbons (Fsp3) is 0.619. The molecule has 2 aliphatic heterocycles. The van der Waals surface area contributed by atoms with Crippen molar-refractivity contribution < 1.29 is 9.59 Å². The second-order valence-corrected chi connectivity index (χ2v) is 8.19. The second kappa shape index (κ2) is 7.19. The molecule has 2 fully saturated rings. The Morgan fingerprint density at radius 1 is 1.08 bits per heavy atom. The third kappa shape index (κ3) is 3.73. The van der Waals surface area contributed by atoms with E-state index in [0.29, 0.717) is 24.7 Å². The van der Waals surface area contributed by atoms with Gasteiger partial charge in [0.2, 0.25) is 11.8 Å². The highest BCUT2D eigenvalue weighted by molar-refractivity contribution is 5.85. The minimum absolute atomic E-state index is 0.134. The first kappa shape index (κ1) is 18.0. The minimum atomic E-state index is -0.151. The zero-order valence-electron chi connectivity index (χ0n) is 15.9. The zero-order valence-corrected chi connectivity index (χ0v) is 15.9. The number of carbonyl (C=O) groups excluding carboxylic acids is 2. The number of carbonyl (C=O) groups is 2. The molecule has 1 aromatic rings. The van der Waals surface area contributed by atoms with E-state index >= 15 is 0 Å². The van der Waals surface area contributed by atoms with Gasteiger partial charge in [-0.25, -0.2) is 0 Å². The van der Waals surface area contributed by atoms with Crippen LogP contribution in [0.3, 0.4) is 0 Å². The molecule has 1 aromatic carbocycles. The van der Waals surface area contributed by atoms with E-state index in [1.54, 1.807) is 4.90 Å². The average Bonchev–Trinajstić information content (AvgIpc) is 2.57. The summed E-state index contributed by atoms with van der Waals surface area (Å²) in [5, 5.41) is 0. The lowest BCUT2D eigenvalue weighted by Gasteiger charge is -2.43. The van der Waals surface area contributed by atoms with Crippen LogP contribution in [0.15, 0.2) is 24.3 Å². The molecule has 136 valence electrons. The fourth-order valence-electron chi connectivity index (χ4n) is 4.59.